The van der Waals surface area contributed by atoms with Crippen molar-refractivity contribution in [2.24, 2.45) is 23.7 Å². The van der Waals surface area contributed by atoms with E-state index < -0.39 is 11.9 Å². The van der Waals surface area contributed by atoms with Crippen LogP contribution in [0.3, 0.4) is 0 Å². The van der Waals surface area contributed by atoms with E-state index >= 15 is 0 Å². The predicted octanol–water partition coefficient (Wildman–Crippen LogP) is 7.41. The minimum absolute atomic E-state index is 0.00129. The lowest BCUT2D eigenvalue weighted by molar-refractivity contribution is -0.149. The molecular formula is C34H58O7. The Labute approximate surface area is 249 Å². The lowest BCUT2D eigenvalue weighted by atomic mass is 9.70. The van der Waals surface area contributed by atoms with Crippen LogP contribution in [0.15, 0.2) is 23.3 Å². The second-order valence-electron chi connectivity index (χ2n) is 13.0. The van der Waals surface area contributed by atoms with Crippen molar-refractivity contribution in [3.05, 3.63) is 23.3 Å². The molecule has 0 saturated heterocycles. The van der Waals surface area contributed by atoms with Gasteiger partial charge in [-0.1, -0.05) is 51.7 Å². The fourth-order valence-corrected chi connectivity index (χ4v) is 5.56. The second-order valence-corrected chi connectivity index (χ2v) is 13.0. The molecule has 0 spiro atoms. The van der Waals surface area contributed by atoms with Crippen molar-refractivity contribution in [1.82, 2.24) is 0 Å². The lowest BCUT2D eigenvalue weighted by Crippen LogP contribution is -2.37. The van der Waals surface area contributed by atoms with Crippen molar-refractivity contribution < 1.29 is 33.3 Å². The number of esters is 2. The van der Waals surface area contributed by atoms with E-state index in [0.717, 1.165) is 44.9 Å². The van der Waals surface area contributed by atoms with Crippen LogP contribution in [0.4, 0.5) is 0 Å². The van der Waals surface area contributed by atoms with E-state index in [-0.39, 0.29) is 54.1 Å². The predicted molar refractivity (Wildman–Crippen MR) is 163 cm³/mol. The summed E-state index contributed by atoms with van der Waals surface area (Å²) in [6.07, 6.45) is 11.3. The van der Waals surface area contributed by atoms with Crippen molar-refractivity contribution in [2.45, 2.75) is 124 Å². The van der Waals surface area contributed by atoms with E-state index in [1.54, 1.807) is 28.1 Å². The van der Waals surface area contributed by atoms with Crippen LogP contribution in [0.1, 0.15) is 113 Å². The zero-order chi connectivity index (χ0) is 31.2. The Balaban J connectivity index is 3.22. The molecule has 0 aliphatic heterocycles. The van der Waals surface area contributed by atoms with E-state index in [1.807, 2.05) is 12.2 Å². The maximum Gasteiger partial charge on any atom is 0.342 e. The summed E-state index contributed by atoms with van der Waals surface area (Å²) in [5, 5.41) is 0. The minimum atomic E-state index is -0.681. The van der Waals surface area contributed by atoms with Crippen molar-refractivity contribution in [2.75, 3.05) is 27.4 Å². The first-order valence-corrected chi connectivity index (χ1v) is 15.6. The molecule has 0 heterocycles. The molecule has 1 aliphatic rings. The summed E-state index contributed by atoms with van der Waals surface area (Å²) in [6, 6.07) is 0. The van der Waals surface area contributed by atoms with E-state index in [1.165, 1.54) is 0 Å². The Kier molecular flexibility index (Phi) is 16.1. The minimum Gasteiger partial charge on any atom is -0.466 e. The van der Waals surface area contributed by atoms with Crippen LogP contribution in [0, 0.1) is 23.7 Å². The maximum atomic E-state index is 13.4. The average molecular weight is 579 g/mol. The highest BCUT2D eigenvalue weighted by molar-refractivity contribution is 6.19. The van der Waals surface area contributed by atoms with Crippen molar-refractivity contribution in [3.63, 3.8) is 0 Å². The fraction of sp³-hybridized carbons (Fsp3) is 0.794. The number of hydrogen-bond acceptors (Lipinski definition) is 7. The van der Waals surface area contributed by atoms with Crippen LogP contribution in [0.2, 0.25) is 0 Å². The van der Waals surface area contributed by atoms with Gasteiger partial charge in [0, 0.05) is 20.6 Å². The van der Waals surface area contributed by atoms with E-state index in [2.05, 4.69) is 41.5 Å². The highest BCUT2D eigenvalue weighted by atomic mass is 16.5. The third-order valence-electron chi connectivity index (χ3n) is 8.44. The highest BCUT2D eigenvalue weighted by Crippen LogP contribution is 2.40. The van der Waals surface area contributed by atoms with Crippen LogP contribution >= 0.6 is 0 Å². The van der Waals surface area contributed by atoms with E-state index in [4.69, 9.17) is 18.9 Å². The van der Waals surface area contributed by atoms with Crippen LogP contribution in [0.25, 0.3) is 0 Å². The van der Waals surface area contributed by atoms with Crippen LogP contribution in [-0.4, -0.2) is 56.4 Å². The van der Waals surface area contributed by atoms with Gasteiger partial charge in [-0.05, 0) is 90.6 Å². The second kappa shape index (κ2) is 17.8. The standard InChI is InChI=1S/C34H58O7/c1-11-40-31(36)29-26(22-25(4)18-15-21-34(7,8)39-10)23-28(35)30(32(37)41-12-2)27(29)19-13-16-24(3)17-14-20-33(5,6)38-9/h13,19,24-26,29H,11-12,14-18,20-23H2,1-10H3/b19-13+/t24?,25?,26-,29-/m0/s1. The van der Waals surface area contributed by atoms with Gasteiger partial charge in [0.25, 0.3) is 0 Å². The van der Waals surface area contributed by atoms with Crippen LogP contribution in [0.5, 0.6) is 0 Å². The third kappa shape index (κ3) is 12.8. The summed E-state index contributed by atoms with van der Waals surface area (Å²) in [4.78, 5) is 39.8. The lowest BCUT2D eigenvalue weighted by Gasteiger charge is -2.33. The molecule has 0 fully saturated rings. The molecule has 1 aliphatic carbocycles. The number of Topliss-reactive ketones (excluding diaryl/α,β-unsaturated/α-hetero) is 1. The van der Waals surface area contributed by atoms with Crippen LogP contribution < -0.4 is 0 Å². The zero-order valence-electron chi connectivity index (χ0n) is 27.6. The summed E-state index contributed by atoms with van der Waals surface area (Å²) in [5.74, 6) is -1.52. The monoisotopic (exact) mass is 578 g/mol. The first-order chi connectivity index (χ1) is 19.2. The van der Waals surface area contributed by atoms with Crippen molar-refractivity contribution in [3.8, 4) is 0 Å². The van der Waals surface area contributed by atoms with Gasteiger partial charge >= 0.3 is 11.9 Å². The van der Waals surface area contributed by atoms with Gasteiger partial charge in [-0.3, -0.25) is 9.59 Å². The summed E-state index contributed by atoms with van der Waals surface area (Å²) >= 11 is 0. The Morgan fingerprint density at radius 2 is 1.44 bits per heavy atom. The smallest absolute Gasteiger partial charge is 0.342 e. The van der Waals surface area contributed by atoms with Gasteiger partial charge in [-0.25, -0.2) is 4.79 Å². The molecule has 0 aromatic heterocycles. The fourth-order valence-electron chi connectivity index (χ4n) is 5.56. The molecule has 236 valence electrons. The molecule has 2 unspecified atom stereocenters. The molecule has 0 saturated carbocycles. The maximum absolute atomic E-state index is 13.4. The van der Waals surface area contributed by atoms with Gasteiger partial charge < -0.3 is 18.9 Å². The molecule has 7 heteroatoms. The molecular weight excluding hydrogens is 520 g/mol. The topological polar surface area (TPSA) is 88.1 Å². The van der Waals surface area contributed by atoms with Crippen molar-refractivity contribution in [1.29, 1.82) is 0 Å². The Hall–Kier alpha value is -1.99. The third-order valence-corrected chi connectivity index (χ3v) is 8.44. The molecule has 41 heavy (non-hydrogen) atoms. The number of carbonyl (C=O) groups is 3. The number of allylic oxidation sites excluding steroid dienone is 2. The molecule has 0 amide bonds. The number of methoxy groups -OCH3 is 2. The largest absolute Gasteiger partial charge is 0.466 e. The Morgan fingerprint density at radius 3 is 1.95 bits per heavy atom. The summed E-state index contributed by atoms with van der Waals surface area (Å²) in [7, 11) is 3.47. The van der Waals surface area contributed by atoms with Gasteiger partial charge in [-0.2, -0.15) is 0 Å². The van der Waals surface area contributed by atoms with Crippen molar-refractivity contribution >= 4 is 17.7 Å². The van der Waals surface area contributed by atoms with Gasteiger partial charge in [-0.15, -0.1) is 0 Å². The summed E-state index contributed by atoms with van der Waals surface area (Å²) in [5.41, 5.74) is 0.126. The Morgan fingerprint density at radius 1 is 0.902 bits per heavy atom. The number of ether oxygens (including phenoxy) is 4. The zero-order valence-corrected chi connectivity index (χ0v) is 27.6. The van der Waals surface area contributed by atoms with Crippen LogP contribution in [-0.2, 0) is 33.3 Å². The summed E-state index contributed by atoms with van der Waals surface area (Å²) < 4.78 is 21.9. The number of rotatable bonds is 19. The first kappa shape index (κ1) is 37.0. The average Bonchev–Trinajstić information content (AvgIpc) is 2.88. The SMILES string of the molecule is CCOC(=O)C1=C(/C=C/CC(C)CCCC(C)(C)OC)[C@@H](C(=O)OCC)[C@@H](CC(C)CCCC(C)(C)OC)CC1=O. The summed E-state index contributed by atoms with van der Waals surface area (Å²) in [6.45, 7) is 16.6. The molecule has 7 nitrogen and oxygen atoms in total. The number of hydrogen-bond donors (Lipinski definition) is 0. The van der Waals surface area contributed by atoms with Gasteiger partial charge in [0.2, 0.25) is 0 Å². The van der Waals surface area contributed by atoms with E-state index in [9.17, 15) is 14.4 Å². The Bertz CT molecular complexity index is 899. The molecule has 0 N–H and O–H groups in total. The first-order valence-electron chi connectivity index (χ1n) is 15.6. The molecule has 4 atom stereocenters. The van der Waals surface area contributed by atoms with E-state index in [0.29, 0.717) is 23.8 Å². The molecule has 0 radical (unpaired) electrons. The molecule has 1 rings (SSSR count). The highest BCUT2D eigenvalue weighted by Gasteiger charge is 2.43. The quantitative estimate of drug-likeness (QED) is 0.116. The normalized spacial score (nSPS) is 19.9. The molecule has 0 aromatic carbocycles. The molecule has 0 aromatic rings. The number of ketones is 1. The van der Waals surface area contributed by atoms with Gasteiger partial charge in [0.1, 0.15) is 5.57 Å². The molecule has 0 bridgehead atoms. The van der Waals surface area contributed by atoms with Gasteiger partial charge in [0.15, 0.2) is 5.78 Å². The van der Waals surface area contributed by atoms with Gasteiger partial charge in [0.05, 0.1) is 30.3 Å². The number of carbonyl (C=O) groups excluding carboxylic acids is 3.